The molecule has 1 aliphatic carbocycles. The van der Waals surface area contributed by atoms with Crippen molar-refractivity contribution in [3.8, 4) is 0 Å². The Kier molecular flexibility index (Phi) is 8.19. The van der Waals surface area contributed by atoms with Crippen LogP contribution in [0.2, 0.25) is 0 Å². The van der Waals surface area contributed by atoms with E-state index in [-0.39, 0.29) is 11.9 Å². The lowest BCUT2D eigenvalue weighted by Crippen LogP contribution is -2.50. The highest BCUT2D eigenvalue weighted by atomic mass is 32.1. The average molecular weight is 314 g/mol. The van der Waals surface area contributed by atoms with E-state index in [1.807, 2.05) is 6.92 Å². The van der Waals surface area contributed by atoms with Gasteiger partial charge in [-0.3, -0.25) is 9.69 Å². The molecule has 4 nitrogen and oxygen atoms in total. The largest absolute Gasteiger partial charge is 0.393 e. The van der Waals surface area contributed by atoms with Gasteiger partial charge in [0, 0.05) is 25.6 Å². The first-order valence-electron chi connectivity index (χ1n) is 8.23. The first-order valence-corrected chi connectivity index (χ1v) is 8.63. The van der Waals surface area contributed by atoms with Crippen LogP contribution in [0.25, 0.3) is 0 Å². The molecule has 1 fully saturated rings. The summed E-state index contributed by atoms with van der Waals surface area (Å²) in [6, 6.07) is 0.244. The van der Waals surface area contributed by atoms with Crippen molar-refractivity contribution in [2.45, 2.75) is 71.4 Å². The number of nitrogens with one attached hydrogen (secondary N) is 1. The summed E-state index contributed by atoms with van der Waals surface area (Å²) >= 11 is 4.96. The number of carbonyl (C=O) groups is 1. The van der Waals surface area contributed by atoms with Crippen molar-refractivity contribution >= 4 is 23.1 Å². The fourth-order valence-corrected chi connectivity index (χ4v) is 2.99. The van der Waals surface area contributed by atoms with Crippen LogP contribution in [0.4, 0.5) is 0 Å². The van der Waals surface area contributed by atoms with Gasteiger partial charge in [-0.2, -0.15) is 0 Å². The number of thiocarbonyl (C=S) groups is 1. The predicted molar refractivity (Wildman–Crippen MR) is 92.3 cm³/mol. The summed E-state index contributed by atoms with van der Waals surface area (Å²) in [7, 11) is 0. The highest BCUT2D eigenvalue weighted by Gasteiger charge is 2.24. The van der Waals surface area contributed by atoms with Crippen LogP contribution in [0.1, 0.15) is 59.3 Å². The summed E-state index contributed by atoms with van der Waals surface area (Å²) in [6.45, 7) is 7.97. The van der Waals surface area contributed by atoms with E-state index in [9.17, 15) is 4.79 Å². The Hall–Kier alpha value is -0.680. The topological polar surface area (TPSA) is 58.4 Å². The zero-order chi connectivity index (χ0) is 15.8. The molecule has 1 rings (SSSR count). The molecule has 1 saturated carbocycles. The number of hydrogen-bond donors (Lipinski definition) is 2. The molecule has 0 spiro atoms. The van der Waals surface area contributed by atoms with Gasteiger partial charge in [-0.15, -0.1) is 0 Å². The summed E-state index contributed by atoms with van der Waals surface area (Å²) in [6.07, 6.45) is 6.68. The third kappa shape index (κ3) is 7.23. The number of nitrogens with two attached hydrogens (primary N) is 1. The van der Waals surface area contributed by atoms with Crippen LogP contribution >= 0.6 is 12.2 Å². The minimum absolute atomic E-state index is 0.122. The molecule has 0 aliphatic heterocycles. The summed E-state index contributed by atoms with van der Waals surface area (Å²) in [5.41, 5.74) is 5.60. The monoisotopic (exact) mass is 313 g/mol. The van der Waals surface area contributed by atoms with Crippen molar-refractivity contribution in [2.24, 2.45) is 11.7 Å². The van der Waals surface area contributed by atoms with Gasteiger partial charge >= 0.3 is 0 Å². The van der Waals surface area contributed by atoms with Gasteiger partial charge in [0.25, 0.3) is 0 Å². The SMILES string of the molecule is CC(C)CN(CCC(N)=S)C(C)C(=O)NC1CCCCC1. The summed E-state index contributed by atoms with van der Waals surface area (Å²) in [5.74, 6) is 0.659. The quantitative estimate of drug-likeness (QED) is 0.676. The van der Waals surface area contributed by atoms with Crippen LogP contribution in [0.15, 0.2) is 0 Å². The Morgan fingerprint density at radius 2 is 1.90 bits per heavy atom. The summed E-state index contributed by atoms with van der Waals surface area (Å²) < 4.78 is 0. The molecule has 0 heterocycles. The molecule has 3 N–H and O–H groups in total. The van der Waals surface area contributed by atoms with Gasteiger partial charge in [-0.05, 0) is 25.7 Å². The first kappa shape index (κ1) is 18.4. The van der Waals surface area contributed by atoms with Crippen LogP contribution in [-0.2, 0) is 4.79 Å². The molecule has 0 aromatic heterocycles. The molecular formula is C16H31N3OS. The number of hydrogen-bond acceptors (Lipinski definition) is 3. The maximum absolute atomic E-state index is 12.5. The third-order valence-corrected chi connectivity index (χ3v) is 4.33. The van der Waals surface area contributed by atoms with E-state index in [2.05, 4.69) is 24.1 Å². The molecule has 1 atom stereocenters. The zero-order valence-corrected chi connectivity index (χ0v) is 14.5. The van der Waals surface area contributed by atoms with E-state index in [1.165, 1.54) is 19.3 Å². The lowest BCUT2D eigenvalue weighted by molar-refractivity contribution is -0.127. The Bertz CT molecular complexity index is 340. The molecule has 0 aromatic carbocycles. The van der Waals surface area contributed by atoms with Crippen molar-refractivity contribution in [2.75, 3.05) is 13.1 Å². The molecular weight excluding hydrogens is 282 g/mol. The van der Waals surface area contributed by atoms with Crippen LogP contribution in [0.5, 0.6) is 0 Å². The molecule has 0 aromatic rings. The van der Waals surface area contributed by atoms with E-state index in [4.69, 9.17) is 18.0 Å². The van der Waals surface area contributed by atoms with Crippen molar-refractivity contribution in [1.82, 2.24) is 10.2 Å². The second-order valence-corrected chi connectivity index (χ2v) is 7.15. The minimum Gasteiger partial charge on any atom is -0.393 e. The van der Waals surface area contributed by atoms with Gasteiger partial charge < -0.3 is 11.1 Å². The van der Waals surface area contributed by atoms with E-state index >= 15 is 0 Å². The maximum atomic E-state index is 12.5. The lowest BCUT2D eigenvalue weighted by Gasteiger charge is -2.31. The second-order valence-electron chi connectivity index (χ2n) is 6.62. The normalized spacial score (nSPS) is 18.0. The molecule has 21 heavy (non-hydrogen) atoms. The number of carbonyl (C=O) groups excluding carboxylic acids is 1. The van der Waals surface area contributed by atoms with Gasteiger partial charge in [0.1, 0.15) is 0 Å². The standard InChI is InChI=1S/C16H31N3OS/c1-12(2)11-19(10-9-15(17)21)13(3)16(20)18-14-7-5-4-6-8-14/h12-14H,4-11H2,1-3H3,(H2,17,21)(H,18,20). The van der Waals surface area contributed by atoms with Crippen molar-refractivity contribution in [1.29, 1.82) is 0 Å². The van der Waals surface area contributed by atoms with Crippen LogP contribution in [0.3, 0.4) is 0 Å². The summed E-state index contributed by atoms with van der Waals surface area (Å²) in [5, 5.41) is 3.22. The van der Waals surface area contributed by atoms with Crippen molar-refractivity contribution < 1.29 is 4.79 Å². The number of rotatable bonds is 8. The van der Waals surface area contributed by atoms with Crippen molar-refractivity contribution in [3.63, 3.8) is 0 Å². The van der Waals surface area contributed by atoms with Crippen LogP contribution in [-0.4, -0.2) is 41.0 Å². The Balaban J connectivity index is 2.53. The van der Waals surface area contributed by atoms with Gasteiger partial charge in [0.15, 0.2) is 0 Å². The van der Waals surface area contributed by atoms with E-state index in [0.717, 1.165) is 25.9 Å². The van der Waals surface area contributed by atoms with E-state index < -0.39 is 0 Å². The van der Waals surface area contributed by atoms with Crippen molar-refractivity contribution in [3.05, 3.63) is 0 Å². The fraction of sp³-hybridized carbons (Fsp3) is 0.875. The first-order chi connectivity index (χ1) is 9.90. The lowest BCUT2D eigenvalue weighted by atomic mass is 9.95. The molecule has 1 aliphatic rings. The minimum atomic E-state index is -0.122. The van der Waals surface area contributed by atoms with Crippen LogP contribution < -0.4 is 11.1 Å². The zero-order valence-electron chi connectivity index (χ0n) is 13.7. The predicted octanol–water partition coefficient (Wildman–Crippen LogP) is 2.46. The molecule has 0 radical (unpaired) electrons. The van der Waals surface area contributed by atoms with Gasteiger partial charge in [-0.25, -0.2) is 0 Å². The van der Waals surface area contributed by atoms with Gasteiger partial charge in [0.05, 0.1) is 11.0 Å². The molecule has 1 amide bonds. The Labute approximate surface area is 134 Å². The average Bonchev–Trinajstić information content (AvgIpc) is 2.43. The highest BCUT2D eigenvalue weighted by molar-refractivity contribution is 7.80. The number of amides is 1. The molecule has 0 saturated heterocycles. The Morgan fingerprint density at radius 1 is 1.29 bits per heavy atom. The molecule has 122 valence electrons. The molecule has 0 bridgehead atoms. The smallest absolute Gasteiger partial charge is 0.237 e. The highest BCUT2D eigenvalue weighted by Crippen LogP contribution is 2.18. The fourth-order valence-electron chi connectivity index (χ4n) is 2.90. The molecule has 5 heteroatoms. The molecule has 1 unspecified atom stereocenters. The van der Waals surface area contributed by atoms with Gasteiger partial charge in [0.2, 0.25) is 5.91 Å². The number of nitrogens with zero attached hydrogens (tertiary/aromatic N) is 1. The van der Waals surface area contributed by atoms with E-state index in [0.29, 0.717) is 23.4 Å². The van der Waals surface area contributed by atoms with Crippen LogP contribution in [0, 0.1) is 5.92 Å². The maximum Gasteiger partial charge on any atom is 0.237 e. The van der Waals surface area contributed by atoms with E-state index in [1.54, 1.807) is 0 Å². The van der Waals surface area contributed by atoms with Gasteiger partial charge in [-0.1, -0.05) is 45.3 Å². The Morgan fingerprint density at radius 3 is 2.43 bits per heavy atom. The second kappa shape index (κ2) is 9.36. The summed E-state index contributed by atoms with van der Waals surface area (Å²) in [4.78, 5) is 15.2. The third-order valence-electron chi connectivity index (χ3n) is 4.12.